The van der Waals surface area contributed by atoms with E-state index in [0.29, 0.717) is 5.69 Å². The van der Waals surface area contributed by atoms with Crippen LogP contribution in [0.5, 0.6) is 0 Å². The van der Waals surface area contributed by atoms with Crippen molar-refractivity contribution in [1.29, 1.82) is 0 Å². The van der Waals surface area contributed by atoms with Crippen molar-refractivity contribution >= 4 is 23.3 Å². The Kier molecular flexibility index (Phi) is 5.98. The highest BCUT2D eigenvalue weighted by atomic mass is 16.6. The summed E-state index contributed by atoms with van der Waals surface area (Å²) >= 11 is 0. The first-order valence-electron chi connectivity index (χ1n) is 10.4. The first-order valence-corrected chi connectivity index (χ1v) is 10.4. The Morgan fingerprint density at radius 2 is 1.91 bits per heavy atom. The van der Waals surface area contributed by atoms with E-state index in [9.17, 15) is 19.7 Å². The third kappa shape index (κ3) is 4.36. The van der Waals surface area contributed by atoms with Crippen molar-refractivity contribution in [2.45, 2.75) is 32.7 Å². The number of nitro benzene ring substituents is 1. The van der Waals surface area contributed by atoms with Gasteiger partial charge >= 0.3 is 5.97 Å². The van der Waals surface area contributed by atoms with Gasteiger partial charge in [0.2, 0.25) is 0 Å². The molecule has 1 N–H and O–H groups in total. The summed E-state index contributed by atoms with van der Waals surface area (Å²) in [5.74, 6) is -0.391. The van der Waals surface area contributed by atoms with E-state index in [1.54, 1.807) is 19.1 Å². The number of fused-ring (bicyclic) bond motifs is 1. The van der Waals surface area contributed by atoms with Crippen molar-refractivity contribution < 1.29 is 19.2 Å². The lowest BCUT2D eigenvalue weighted by Crippen LogP contribution is -2.14. The molecule has 32 heavy (non-hydrogen) atoms. The number of ether oxygens (including phenoxy) is 1. The van der Waals surface area contributed by atoms with Crippen LogP contribution in [0.4, 0.5) is 11.4 Å². The molecule has 0 spiro atoms. The topological polar surface area (TPSA) is 116 Å². The van der Waals surface area contributed by atoms with Crippen molar-refractivity contribution in [3.05, 3.63) is 75.6 Å². The van der Waals surface area contributed by atoms with Crippen LogP contribution >= 0.6 is 0 Å². The number of amides is 1. The number of aryl methyl sites for hydroxylation is 1. The van der Waals surface area contributed by atoms with E-state index in [1.165, 1.54) is 18.2 Å². The normalized spacial score (nSPS) is 12.7. The average Bonchev–Trinajstić information content (AvgIpc) is 3.23. The zero-order valence-electron chi connectivity index (χ0n) is 17.5. The SMILES string of the molecule is CCOC(=O)c1cc(C(=O)Nc2ccc(-c3ncc4n3CCCC4)cc2)cc([N+](=O)[O-])c1. The summed E-state index contributed by atoms with van der Waals surface area (Å²) in [5, 5.41) is 13.9. The van der Waals surface area contributed by atoms with Crippen LogP contribution in [0.2, 0.25) is 0 Å². The fourth-order valence-corrected chi connectivity index (χ4v) is 3.75. The second-order valence-corrected chi connectivity index (χ2v) is 7.46. The number of anilines is 1. The summed E-state index contributed by atoms with van der Waals surface area (Å²) in [4.78, 5) is 39.9. The van der Waals surface area contributed by atoms with Crippen LogP contribution in [0.1, 0.15) is 46.2 Å². The molecular weight excluding hydrogens is 412 g/mol. The maximum atomic E-state index is 12.7. The van der Waals surface area contributed by atoms with Crippen LogP contribution in [-0.4, -0.2) is 33.0 Å². The molecule has 0 unspecified atom stereocenters. The lowest BCUT2D eigenvalue weighted by molar-refractivity contribution is -0.384. The van der Waals surface area contributed by atoms with Gasteiger partial charge in [-0.15, -0.1) is 0 Å². The monoisotopic (exact) mass is 434 g/mol. The van der Waals surface area contributed by atoms with Crippen molar-refractivity contribution in [1.82, 2.24) is 9.55 Å². The molecule has 2 heterocycles. The van der Waals surface area contributed by atoms with Crippen LogP contribution in [0, 0.1) is 10.1 Å². The molecule has 0 atom stereocenters. The zero-order chi connectivity index (χ0) is 22.7. The average molecular weight is 434 g/mol. The number of non-ortho nitro benzene ring substituents is 1. The Morgan fingerprint density at radius 3 is 2.62 bits per heavy atom. The number of nitrogens with zero attached hydrogens (tertiary/aromatic N) is 3. The van der Waals surface area contributed by atoms with Gasteiger partial charge in [0.15, 0.2) is 0 Å². The number of aromatic nitrogens is 2. The summed E-state index contributed by atoms with van der Waals surface area (Å²) < 4.78 is 7.12. The van der Waals surface area contributed by atoms with Gasteiger partial charge in [-0.25, -0.2) is 9.78 Å². The lowest BCUT2D eigenvalue weighted by atomic mass is 10.1. The molecule has 2 aromatic carbocycles. The van der Waals surface area contributed by atoms with Gasteiger partial charge < -0.3 is 14.6 Å². The minimum Gasteiger partial charge on any atom is -0.462 e. The quantitative estimate of drug-likeness (QED) is 0.353. The summed E-state index contributed by atoms with van der Waals surface area (Å²) in [6.07, 6.45) is 5.24. The number of hydrogen-bond donors (Lipinski definition) is 1. The van der Waals surface area contributed by atoms with E-state index < -0.39 is 16.8 Å². The molecule has 0 radical (unpaired) electrons. The van der Waals surface area contributed by atoms with Gasteiger partial charge in [0.1, 0.15) is 5.82 Å². The molecule has 0 bridgehead atoms. The van der Waals surface area contributed by atoms with Crippen LogP contribution in [0.3, 0.4) is 0 Å². The molecule has 1 aromatic heterocycles. The highest BCUT2D eigenvalue weighted by Crippen LogP contribution is 2.26. The largest absolute Gasteiger partial charge is 0.462 e. The number of nitro groups is 1. The summed E-state index contributed by atoms with van der Waals surface area (Å²) in [7, 11) is 0. The minimum absolute atomic E-state index is 0.00587. The first-order chi connectivity index (χ1) is 15.5. The Hall–Kier alpha value is -4.01. The molecular formula is C23H22N4O5. The fraction of sp³-hybridized carbons (Fsp3) is 0.261. The predicted molar refractivity (Wildman–Crippen MR) is 118 cm³/mol. The van der Waals surface area contributed by atoms with Gasteiger partial charge in [-0.1, -0.05) is 0 Å². The first kappa shape index (κ1) is 21.2. The number of nitrogens with one attached hydrogen (secondary N) is 1. The third-order valence-electron chi connectivity index (χ3n) is 5.31. The number of carbonyl (C=O) groups excluding carboxylic acids is 2. The van der Waals surface area contributed by atoms with E-state index in [-0.39, 0.29) is 23.4 Å². The summed E-state index contributed by atoms with van der Waals surface area (Å²) in [6.45, 7) is 2.69. The van der Waals surface area contributed by atoms with E-state index in [2.05, 4.69) is 14.9 Å². The predicted octanol–water partition coefficient (Wildman–Crippen LogP) is 4.22. The van der Waals surface area contributed by atoms with Crippen LogP contribution in [0.25, 0.3) is 11.4 Å². The number of benzene rings is 2. The van der Waals surface area contributed by atoms with Gasteiger partial charge in [-0.3, -0.25) is 14.9 Å². The maximum Gasteiger partial charge on any atom is 0.338 e. The molecule has 164 valence electrons. The maximum absolute atomic E-state index is 12.7. The van der Waals surface area contributed by atoms with Crippen LogP contribution < -0.4 is 5.32 Å². The standard InChI is InChI=1S/C23H22N4O5/c1-2-32-23(29)17-11-16(12-20(13-17)27(30)31)22(28)25-18-8-6-15(7-9-18)21-24-14-19-5-3-4-10-26(19)21/h6-9,11-14H,2-5,10H2,1H3,(H,25,28). The minimum atomic E-state index is -0.724. The summed E-state index contributed by atoms with van der Waals surface area (Å²) in [5.41, 5.74) is 2.27. The van der Waals surface area contributed by atoms with Crippen LogP contribution in [0.15, 0.2) is 48.7 Å². The van der Waals surface area contributed by atoms with Crippen molar-refractivity contribution in [3.63, 3.8) is 0 Å². The Balaban J connectivity index is 1.54. The van der Waals surface area contributed by atoms with Crippen molar-refractivity contribution in [2.75, 3.05) is 11.9 Å². The molecule has 3 aromatic rings. The highest BCUT2D eigenvalue weighted by Gasteiger charge is 2.19. The van der Waals surface area contributed by atoms with Crippen molar-refractivity contribution in [2.24, 2.45) is 0 Å². The van der Waals surface area contributed by atoms with Gasteiger partial charge in [-0.2, -0.15) is 0 Å². The Bertz CT molecular complexity index is 1180. The van der Waals surface area contributed by atoms with Crippen LogP contribution in [-0.2, 0) is 17.7 Å². The van der Waals surface area contributed by atoms with Gasteiger partial charge in [0.05, 0.1) is 17.1 Å². The van der Waals surface area contributed by atoms with E-state index >= 15 is 0 Å². The molecule has 1 aliphatic heterocycles. The molecule has 0 saturated carbocycles. The molecule has 0 fully saturated rings. The highest BCUT2D eigenvalue weighted by molar-refractivity contribution is 6.06. The van der Waals surface area contributed by atoms with E-state index in [0.717, 1.165) is 42.9 Å². The lowest BCUT2D eigenvalue weighted by Gasteiger charge is -2.16. The molecule has 9 nitrogen and oxygen atoms in total. The molecule has 4 rings (SSSR count). The smallest absolute Gasteiger partial charge is 0.338 e. The number of carbonyl (C=O) groups is 2. The van der Waals surface area contributed by atoms with E-state index in [1.807, 2.05) is 18.3 Å². The summed E-state index contributed by atoms with van der Waals surface area (Å²) in [6, 6.07) is 10.8. The Morgan fingerprint density at radius 1 is 1.16 bits per heavy atom. The van der Waals surface area contributed by atoms with Gasteiger partial charge in [0, 0.05) is 47.4 Å². The Labute approximate surface area is 184 Å². The third-order valence-corrected chi connectivity index (χ3v) is 5.31. The number of hydrogen-bond acceptors (Lipinski definition) is 6. The molecule has 1 amide bonds. The zero-order valence-corrected chi connectivity index (χ0v) is 17.5. The molecule has 0 saturated heterocycles. The number of imidazole rings is 1. The van der Waals surface area contributed by atoms with E-state index in [4.69, 9.17) is 4.74 Å². The second kappa shape index (κ2) is 9.01. The number of esters is 1. The molecule has 1 aliphatic rings. The molecule has 9 heteroatoms. The number of rotatable bonds is 6. The fourth-order valence-electron chi connectivity index (χ4n) is 3.75. The molecule has 0 aliphatic carbocycles. The second-order valence-electron chi connectivity index (χ2n) is 7.46. The van der Waals surface area contributed by atoms with Gasteiger partial charge in [0.25, 0.3) is 11.6 Å². The van der Waals surface area contributed by atoms with Crippen molar-refractivity contribution in [3.8, 4) is 11.4 Å². The van der Waals surface area contributed by atoms with Gasteiger partial charge in [-0.05, 0) is 56.5 Å².